The summed E-state index contributed by atoms with van der Waals surface area (Å²) < 4.78 is 4.50. The molecule has 4 rings (SSSR count). The fourth-order valence-electron chi connectivity index (χ4n) is 3.94. The van der Waals surface area contributed by atoms with E-state index in [1.54, 1.807) is 0 Å². The number of anilines is 1. The van der Waals surface area contributed by atoms with Crippen LogP contribution in [0.1, 0.15) is 35.2 Å². The summed E-state index contributed by atoms with van der Waals surface area (Å²) in [5.41, 5.74) is 8.27. The minimum absolute atomic E-state index is 0.652. The molecule has 1 aromatic heterocycles. The predicted octanol–water partition coefficient (Wildman–Crippen LogP) is 5.56. The number of aromatic nitrogens is 1. The summed E-state index contributed by atoms with van der Waals surface area (Å²) in [7, 11) is 1.93. The summed E-state index contributed by atoms with van der Waals surface area (Å²) in [5, 5.41) is 12.8. The number of aliphatic carboxylic acids is 1. The van der Waals surface area contributed by atoms with Gasteiger partial charge in [-0.05, 0) is 84.6 Å². The molecule has 2 N–H and O–H groups in total. The van der Waals surface area contributed by atoms with Crippen LogP contribution in [-0.4, -0.2) is 22.5 Å². The highest BCUT2D eigenvalue weighted by Gasteiger charge is 2.51. The van der Waals surface area contributed by atoms with Crippen LogP contribution in [0.25, 0.3) is 21.6 Å². The molecule has 5 heteroatoms. The highest BCUT2D eigenvalue weighted by molar-refractivity contribution is 7.10. The predicted molar refractivity (Wildman–Crippen MR) is 115 cm³/mol. The Morgan fingerprint density at radius 1 is 1.07 bits per heavy atom. The SMILES string of the molecule is CNc1c(C)nsc1-c1cc(C)c(-c2ccc(C3(C(=O)O)CC3)cc2)cc1C. The largest absolute Gasteiger partial charge is 0.481 e. The van der Waals surface area contributed by atoms with Gasteiger partial charge in [0.1, 0.15) is 0 Å². The van der Waals surface area contributed by atoms with Gasteiger partial charge in [0.2, 0.25) is 0 Å². The molecule has 3 aromatic rings. The van der Waals surface area contributed by atoms with Crippen molar-refractivity contribution in [3.63, 3.8) is 0 Å². The average Bonchev–Trinajstić information content (AvgIpc) is 3.41. The van der Waals surface area contributed by atoms with Gasteiger partial charge >= 0.3 is 5.97 Å². The maximum atomic E-state index is 11.6. The smallest absolute Gasteiger partial charge is 0.314 e. The molecular formula is C23H24N2O2S. The monoisotopic (exact) mass is 392 g/mol. The van der Waals surface area contributed by atoms with E-state index >= 15 is 0 Å². The third-order valence-electron chi connectivity index (χ3n) is 5.84. The van der Waals surface area contributed by atoms with Crippen molar-refractivity contribution in [3.05, 3.63) is 58.8 Å². The molecule has 1 aliphatic carbocycles. The molecular weight excluding hydrogens is 368 g/mol. The quantitative estimate of drug-likeness (QED) is 0.597. The van der Waals surface area contributed by atoms with Gasteiger partial charge in [-0.25, -0.2) is 0 Å². The molecule has 2 aromatic carbocycles. The Morgan fingerprint density at radius 3 is 2.25 bits per heavy atom. The first-order chi connectivity index (χ1) is 13.4. The standard InChI is InChI=1S/C23H24N2O2S/c1-13-12-19(21-20(24-4)15(3)25-28-21)14(2)11-18(13)16-5-7-17(8-6-16)23(9-10-23)22(26)27/h5-8,11-12,24H,9-10H2,1-4H3,(H,26,27). The first kappa shape index (κ1) is 18.7. The second-order valence-electron chi connectivity index (χ2n) is 7.67. The zero-order chi connectivity index (χ0) is 20.1. The second kappa shape index (κ2) is 6.74. The lowest BCUT2D eigenvalue weighted by atomic mass is 9.91. The number of hydrogen-bond acceptors (Lipinski definition) is 4. The van der Waals surface area contributed by atoms with Gasteiger partial charge in [0.05, 0.1) is 21.7 Å². The Bertz CT molecular complexity index is 1060. The molecule has 1 saturated carbocycles. The molecule has 0 saturated heterocycles. The van der Waals surface area contributed by atoms with Crippen LogP contribution in [0.3, 0.4) is 0 Å². The average molecular weight is 393 g/mol. The van der Waals surface area contributed by atoms with Crippen LogP contribution in [0.4, 0.5) is 5.69 Å². The molecule has 1 aliphatic rings. The van der Waals surface area contributed by atoms with Crippen LogP contribution in [-0.2, 0) is 10.2 Å². The summed E-state index contributed by atoms with van der Waals surface area (Å²) >= 11 is 1.52. The zero-order valence-corrected chi connectivity index (χ0v) is 17.4. The molecule has 4 nitrogen and oxygen atoms in total. The fraction of sp³-hybridized carbons (Fsp3) is 0.304. The summed E-state index contributed by atoms with van der Waals surface area (Å²) in [5.74, 6) is -0.711. The summed E-state index contributed by atoms with van der Waals surface area (Å²) in [6, 6.07) is 12.5. The molecule has 1 fully saturated rings. The van der Waals surface area contributed by atoms with Crippen molar-refractivity contribution < 1.29 is 9.90 Å². The van der Waals surface area contributed by atoms with Crippen LogP contribution < -0.4 is 5.32 Å². The van der Waals surface area contributed by atoms with Gasteiger partial charge in [-0.1, -0.05) is 30.3 Å². The number of rotatable bonds is 5. The minimum Gasteiger partial charge on any atom is -0.481 e. The second-order valence-corrected chi connectivity index (χ2v) is 8.44. The van der Waals surface area contributed by atoms with E-state index in [9.17, 15) is 9.90 Å². The third kappa shape index (κ3) is 2.90. The Balaban J connectivity index is 1.72. The highest BCUT2D eigenvalue weighted by Crippen LogP contribution is 2.48. The van der Waals surface area contributed by atoms with Crippen LogP contribution in [0, 0.1) is 20.8 Å². The number of carbonyl (C=O) groups is 1. The number of nitrogens with one attached hydrogen (secondary N) is 1. The first-order valence-corrected chi connectivity index (χ1v) is 10.2. The maximum absolute atomic E-state index is 11.6. The van der Waals surface area contributed by atoms with Crippen LogP contribution in [0.2, 0.25) is 0 Å². The molecule has 0 atom stereocenters. The van der Waals surface area contributed by atoms with Gasteiger partial charge in [0.25, 0.3) is 0 Å². The van der Waals surface area contributed by atoms with Gasteiger partial charge in [0, 0.05) is 7.05 Å². The Labute approximate surface area is 169 Å². The lowest BCUT2D eigenvalue weighted by Crippen LogP contribution is -2.19. The summed E-state index contributed by atoms with van der Waals surface area (Å²) in [4.78, 5) is 12.7. The number of nitrogens with zero attached hydrogens (tertiary/aromatic N) is 1. The summed E-state index contributed by atoms with van der Waals surface area (Å²) in [6.45, 7) is 6.28. The van der Waals surface area contributed by atoms with Crippen molar-refractivity contribution in [1.29, 1.82) is 0 Å². The van der Waals surface area contributed by atoms with E-state index in [1.165, 1.54) is 38.7 Å². The lowest BCUT2D eigenvalue weighted by Gasteiger charge is -2.15. The van der Waals surface area contributed by atoms with Crippen molar-refractivity contribution in [1.82, 2.24) is 4.37 Å². The number of aryl methyl sites for hydroxylation is 3. The van der Waals surface area contributed by atoms with Crippen molar-refractivity contribution in [2.24, 2.45) is 0 Å². The third-order valence-corrected chi connectivity index (χ3v) is 6.81. The minimum atomic E-state index is -0.711. The topological polar surface area (TPSA) is 62.2 Å². The van der Waals surface area contributed by atoms with E-state index in [0.717, 1.165) is 35.3 Å². The summed E-state index contributed by atoms with van der Waals surface area (Å²) in [6.07, 6.45) is 1.47. The van der Waals surface area contributed by atoms with E-state index < -0.39 is 11.4 Å². The van der Waals surface area contributed by atoms with Crippen LogP contribution in [0.5, 0.6) is 0 Å². The number of benzene rings is 2. The molecule has 0 bridgehead atoms. The highest BCUT2D eigenvalue weighted by atomic mass is 32.1. The van der Waals surface area contributed by atoms with E-state index in [-0.39, 0.29) is 0 Å². The van der Waals surface area contributed by atoms with Crippen LogP contribution >= 0.6 is 11.5 Å². The number of hydrogen-bond donors (Lipinski definition) is 2. The Kier molecular flexibility index (Phi) is 4.50. The number of carboxylic acids is 1. The number of carboxylic acid groups (broad SMARTS) is 1. The molecule has 144 valence electrons. The van der Waals surface area contributed by atoms with Gasteiger partial charge in [0.15, 0.2) is 0 Å². The van der Waals surface area contributed by atoms with Crippen molar-refractivity contribution >= 4 is 23.2 Å². The van der Waals surface area contributed by atoms with Gasteiger partial charge in [-0.3, -0.25) is 4.79 Å². The van der Waals surface area contributed by atoms with Crippen molar-refractivity contribution in [2.45, 2.75) is 39.0 Å². The van der Waals surface area contributed by atoms with E-state index in [4.69, 9.17) is 0 Å². The van der Waals surface area contributed by atoms with Gasteiger partial charge < -0.3 is 10.4 Å². The Hall–Kier alpha value is -2.66. The Morgan fingerprint density at radius 2 is 1.68 bits per heavy atom. The molecule has 1 heterocycles. The van der Waals surface area contributed by atoms with Gasteiger partial charge in [-0.15, -0.1) is 0 Å². The zero-order valence-electron chi connectivity index (χ0n) is 16.6. The van der Waals surface area contributed by atoms with Gasteiger partial charge in [-0.2, -0.15) is 4.37 Å². The lowest BCUT2D eigenvalue weighted by molar-refractivity contribution is -0.140. The fourth-order valence-corrected chi connectivity index (χ4v) is 4.92. The first-order valence-electron chi connectivity index (χ1n) is 9.47. The maximum Gasteiger partial charge on any atom is 0.314 e. The van der Waals surface area contributed by atoms with Crippen molar-refractivity contribution in [2.75, 3.05) is 12.4 Å². The molecule has 0 radical (unpaired) electrons. The van der Waals surface area contributed by atoms with E-state index in [2.05, 4.69) is 47.8 Å². The molecule has 0 spiro atoms. The molecule has 0 aliphatic heterocycles. The molecule has 0 unspecified atom stereocenters. The van der Waals surface area contributed by atoms with Crippen LogP contribution in [0.15, 0.2) is 36.4 Å². The van der Waals surface area contributed by atoms with Crippen molar-refractivity contribution in [3.8, 4) is 21.6 Å². The normalized spacial score (nSPS) is 14.7. The van der Waals surface area contributed by atoms with E-state index in [0.29, 0.717) is 0 Å². The molecule has 0 amide bonds. The molecule has 28 heavy (non-hydrogen) atoms. The van der Waals surface area contributed by atoms with E-state index in [1.807, 2.05) is 26.1 Å².